The van der Waals surface area contributed by atoms with Crippen LogP contribution in [-0.2, 0) is 27.3 Å². The molecule has 6 nitrogen and oxygen atoms in total. The molecule has 2 aromatic carbocycles. The van der Waals surface area contributed by atoms with Crippen LogP contribution in [0.25, 0.3) is 10.2 Å². The number of aromatic nitrogens is 1. The summed E-state index contributed by atoms with van der Waals surface area (Å²) in [6.45, 7) is 5.81. The van der Waals surface area contributed by atoms with Crippen LogP contribution < -0.4 is 9.54 Å². The number of esters is 1. The van der Waals surface area contributed by atoms with Gasteiger partial charge in [0.1, 0.15) is 12.3 Å². The van der Waals surface area contributed by atoms with Crippen LogP contribution in [0.5, 0.6) is 5.75 Å². The van der Waals surface area contributed by atoms with Gasteiger partial charge >= 0.3 is 5.97 Å². The molecule has 1 amide bonds. The lowest BCUT2D eigenvalue weighted by atomic mass is 10.2. The summed E-state index contributed by atoms with van der Waals surface area (Å²) in [5, 5.41) is 0. The van der Waals surface area contributed by atoms with Crippen molar-refractivity contribution < 1.29 is 19.1 Å². The summed E-state index contributed by atoms with van der Waals surface area (Å²) in [4.78, 5) is 29.5. The van der Waals surface area contributed by atoms with E-state index in [1.54, 1.807) is 30.5 Å². The minimum atomic E-state index is -0.746. The summed E-state index contributed by atoms with van der Waals surface area (Å²) in [6.07, 6.45) is 0.156. The number of carbonyl (C=O) groups is 2. The quantitative estimate of drug-likeness (QED) is 0.555. The highest BCUT2D eigenvalue weighted by atomic mass is 32.1. The zero-order chi connectivity index (χ0) is 20.8. The van der Waals surface area contributed by atoms with Crippen molar-refractivity contribution in [3.8, 4) is 5.75 Å². The highest BCUT2D eigenvalue weighted by Crippen LogP contribution is 2.20. The molecule has 0 bridgehead atoms. The van der Waals surface area contributed by atoms with Crippen LogP contribution in [0.2, 0.25) is 0 Å². The molecule has 0 fully saturated rings. The molecular weight excluding hydrogens is 388 g/mol. The summed E-state index contributed by atoms with van der Waals surface area (Å²) < 4.78 is 13.5. The van der Waals surface area contributed by atoms with Crippen molar-refractivity contribution in [3.05, 3.63) is 58.9 Å². The Bertz CT molecular complexity index is 1070. The molecule has 0 aliphatic carbocycles. The normalized spacial score (nSPS) is 12.7. The molecule has 1 heterocycles. The Labute approximate surface area is 173 Å². The second-order valence-corrected chi connectivity index (χ2v) is 7.46. The smallest absolute Gasteiger partial charge is 0.326 e. The third kappa shape index (κ3) is 5.12. The molecule has 0 spiro atoms. The molecule has 3 rings (SSSR count). The predicted molar refractivity (Wildman–Crippen MR) is 113 cm³/mol. The number of rotatable bonds is 7. The van der Waals surface area contributed by atoms with E-state index in [0.717, 1.165) is 16.6 Å². The lowest BCUT2D eigenvalue weighted by Crippen LogP contribution is -2.27. The van der Waals surface area contributed by atoms with Crippen molar-refractivity contribution in [2.45, 2.75) is 39.8 Å². The van der Waals surface area contributed by atoms with E-state index >= 15 is 0 Å². The maximum Gasteiger partial charge on any atom is 0.326 e. The molecule has 0 aliphatic rings. The van der Waals surface area contributed by atoms with Crippen molar-refractivity contribution in [2.75, 3.05) is 6.61 Å². The van der Waals surface area contributed by atoms with Crippen LogP contribution in [0.4, 0.5) is 0 Å². The molecular formula is C22H24N2O4S. The van der Waals surface area contributed by atoms with E-state index < -0.39 is 12.0 Å². The van der Waals surface area contributed by atoms with E-state index in [9.17, 15) is 9.59 Å². The van der Waals surface area contributed by atoms with Gasteiger partial charge in [-0.3, -0.25) is 9.59 Å². The minimum absolute atomic E-state index is 0.000646. The molecule has 1 aromatic heterocycles. The minimum Gasteiger partial charge on any atom is -0.481 e. The Kier molecular flexibility index (Phi) is 6.82. The van der Waals surface area contributed by atoms with Crippen LogP contribution in [0.15, 0.2) is 53.5 Å². The molecule has 3 aromatic rings. The molecule has 0 saturated carbocycles. The van der Waals surface area contributed by atoms with Crippen LogP contribution in [-0.4, -0.2) is 29.2 Å². The number of para-hydroxylation sites is 1. The van der Waals surface area contributed by atoms with Crippen molar-refractivity contribution >= 4 is 33.4 Å². The zero-order valence-electron chi connectivity index (χ0n) is 16.8. The fraction of sp³-hybridized carbons (Fsp3) is 0.318. The number of hydrogen-bond donors (Lipinski definition) is 0. The Morgan fingerprint density at radius 3 is 2.59 bits per heavy atom. The fourth-order valence-electron chi connectivity index (χ4n) is 2.85. The first kappa shape index (κ1) is 20.8. The van der Waals surface area contributed by atoms with Crippen LogP contribution >= 0.6 is 11.3 Å². The molecule has 1 atom stereocenters. The van der Waals surface area contributed by atoms with Gasteiger partial charge in [-0.05, 0) is 50.1 Å². The number of benzene rings is 2. The highest BCUT2D eigenvalue weighted by Gasteiger charge is 2.17. The van der Waals surface area contributed by atoms with Gasteiger partial charge in [-0.25, -0.2) is 0 Å². The summed E-state index contributed by atoms with van der Waals surface area (Å²) in [5.41, 5.74) is 2.03. The van der Waals surface area contributed by atoms with Gasteiger partial charge in [0.2, 0.25) is 0 Å². The third-order valence-corrected chi connectivity index (χ3v) is 5.40. The van der Waals surface area contributed by atoms with Gasteiger partial charge in [0.15, 0.2) is 10.9 Å². The van der Waals surface area contributed by atoms with Crippen LogP contribution in [0.3, 0.4) is 0 Å². The SMILES string of the molecule is CCOC(=O)Cn1c(=NC(=O)C(C)Oc2ccccc2)sc2cc(CC)ccc21. The summed E-state index contributed by atoms with van der Waals surface area (Å²) in [6, 6.07) is 15.2. The van der Waals surface area contributed by atoms with E-state index in [1.807, 2.05) is 30.3 Å². The number of amides is 1. The maximum absolute atomic E-state index is 12.7. The van der Waals surface area contributed by atoms with E-state index in [2.05, 4.69) is 18.0 Å². The number of ether oxygens (including phenoxy) is 2. The molecule has 0 radical (unpaired) electrons. The maximum atomic E-state index is 12.7. The average Bonchev–Trinajstić information content (AvgIpc) is 3.04. The van der Waals surface area contributed by atoms with Crippen LogP contribution in [0, 0.1) is 0 Å². The Morgan fingerprint density at radius 2 is 1.90 bits per heavy atom. The molecule has 0 N–H and O–H groups in total. The van der Waals surface area contributed by atoms with E-state index in [-0.39, 0.29) is 12.5 Å². The molecule has 0 aliphatic heterocycles. The summed E-state index contributed by atoms with van der Waals surface area (Å²) >= 11 is 1.38. The number of nitrogens with zero attached hydrogens (tertiary/aromatic N) is 2. The summed E-state index contributed by atoms with van der Waals surface area (Å²) in [7, 11) is 0. The van der Waals surface area contributed by atoms with Crippen molar-refractivity contribution in [1.29, 1.82) is 0 Å². The number of fused-ring (bicyclic) bond motifs is 1. The molecule has 7 heteroatoms. The van der Waals surface area contributed by atoms with Crippen molar-refractivity contribution in [1.82, 2.24) is 4.57 Å². The van der Waals surface area contributed by atoms with E-state index in [4.69, 9.17) is 9.47 Å². The second-order valence-electron chi connectivity index (χ2n) is 6.45. The highest BCUT2D eigenvalue weighted by molar-refractivity contribution is 7.16. The summed E-state index contributed by atoms with van der Waals surface area (Å²) in [5.74, 6) is -0.171. The van der Waals surface area contributed by atoms with E-state index in [0.29, 0.717) is 17.2 Å². The zero-order valence-corrected chi connectivity index (χ0v) is 17.6. The van der Waals surface area contributed by atoms with Crippen molar-refractivity contribution in [2.24, 2.45) is 4.99 Å². The number of carbonyl (C=O) groups excluding carboxylic acids is 2. The van der Waals surface area contributed by atoms with Gasteiger partial charge < -0.3 is 14.0 Å². The first-order valence-corrected chi connectivity index (χ1v) is 10.4. The van der Waals surface area contributed by atoms with Gasteiger partial charge in [-0.2, -0.15) is 4.99 Å². The average molecular weight is 413 g/mol. The second kappa shape index (κ2) is 9.52. The Balaban J connectivity index is 1.96. The topological polar surface area (TPSA) is 69.9 Å². The van der Waals surface area contributed by atoms with Gasteiger partial charge in [-0.1, -0.05) is 42.5 Å². The predicted octanol–water partition coefficient (Wildman–Crippen LogP) is 3.72. The third-order valence-electron chi connectivity index (χ3n) is 4.36. The molecule has 1 unspecified atom stereocenters. The molecule has 152 valence electrons. The molecule has 0 saturated heterocycles. The first-order chi connectivity index (χ1) is 14.0. The lowest BCUT2D eigenvalue weighted by molar-refractivity contribution is -0.143. The van der Waals surface area contributed by atoms with Gasteiger partial charge in [0, 0.05) is 0 Å². The molecule has 29 heavy (non-hydrogen) atoms. The van der Waals surface area contributed by atoms with E-state index in [1.165, 1.54) is 16.9 Å². The van der Waals surface area contributed by atoms with Crippen LogP contribution in [0.1, 0.15) is 26.3 Å². The number of hydrogen-bond acceptors (Lipinski definition) is 5. The Hall–Kier alpha value is -2.93. The standard InChI is InChI=1S/C22H24N2O4S/c1-4-16-11-12-18-19(13-16)29-22(24(18)14-20(25)27-5-2)23-21(26)15(3)28-17-9-7-6-8-10-17/h6-13,15H,4-5,14H2,1-3H3. The first-order valence-electron chi connectivity index (χ1n) is 9.60. The van der Waals surface area contributed by atoms with Crippen molar-refractivity contribution in [3.63, 3.8) is 0 Å². The van der Waals surface area contributed by atoms with Gasteiger partial charge in [0.05, 0.1) is 16.8 Å². The number of aryl methyl sites for hydroxylation is 1. The lowest BCUT2D eigenvalue weighted by Gasteiger charge is -2.10. The number of thiazole rings is 1. The fourth-order valence-corrected chi connectivity index (χ4v) is 3.95. The van der Waals surface area contributed by atoms with Gasteiger partial charge in [-0.15, -0.1) is 0 Å². The monoisotopic (exact) mass is 412 g/mol. The Morgan fingerprint density at radius 1 is 1.14 bits per heavy atom. The largest absolute Gasteiger partial charge is 0.481 e. The van der Waals surface area contributed by atoms with Gasteiger partial charge in [0.25, 0.3) is 5.91 Å².